The summed E-state index contributed by atoms with van der Waals surface area (Å²) in [4.78, 5) is 65.3. The number of nitrogens with zero attached hydrogens (tertiary/aromatic N) is 4. The minimum Gasteiger partial charge on any atom is -0.475 e. The topological polar surface area (TPSA) is 173 Å². The average molecular weight is 547 g/mol. The molecule has 4 heterocycles. The van der Waals surface area contributed by atoms with Crippen molar-refractivity contribution in [1.29, 1.82) is 0 Å². The molecule has 1 aromatic carbocycles. The van der Waals surface area contributed by atoms with Crippen LogP contribution in [0.4, 0.5) is 9.93 Å². The fourth-order valence-corrected chi connectivity index (χ4v) is 5.07. The molecule has 13 heteroatoms. The van der Waals surface area contributed by atoms with E-state index in [0.717, 1.165) is 21.5 Å². The summed E-state index contributed by atoms with van der Waals surface area (Å²) in [6, 6.07) is 8.98. The highest BCUT2D eigenvalue weighted by atomic mass is 32.1. The second-order valence-corrected chi connectivity index (χ2v) is 9.79. The fourth-order valence-electron chi connectivity index (χ4n) is 4.10. The zero-order chi connectivity index (χ0) is 27.6. The van der Waals surface area contributed by atoms with Crippen molar-refractivity contribution < 1.29 is 29.0 Å². The maximum Gasteiger partial charge on any atom is 0.372 e. The summed E-state index contributed by atoms with van der Waals surface area (Å²) in [5.74, 6) is -3.29. The Bertz CT molecular complexity index is 1580. The van der Waals surface area contributed by atoms with E-state index in [-0.39, 0.29) is 25.1 Å². The molecule has 0 saturated carbocycles. The molecule has 3 aromatic heterocycles. The summed E-state index contributed by atoms with van der Waals surface area (Å²) in [5.41, 5.74) is 2.26. The number of benzene rings is 1. The third kappa shape index (κ3) is 5.09. The number of hydrogen-bond donors (Lipinski definition) is 3. The highest BCUT2D eigenvalue weighted by Gasteiger charge is 2.50. The molecule has 1 fully saturated rings. The zero-order valence-corrected chi connectivity index (χ0v) is 21.4. The molecule has 1 aliphatic heterocycles. The maximum absolute atomic E-state index is 12.8. The third-order valence-corrected chi connectivity index (χ3v) is 7.21. The Balaban J connectivity index is 1.51. The molecule has 2 amide bonds. The van der Waals surface area contributed by atoms with Crippen molar-refractivity contribution in [3.05, 3.63) is 54.7 Å². The summed E-state index contributed by atoms with van der Waals surface area (Å²) in [7, 11) is 0. The molecular weight excluding hydrogens is 524 g/mol. The van der Waals surface area contributed by atoms with Crippen molar-refractivity contribution in [3.63, 3.8) is 0 Å². The molecule has 0 aliphatic carbocycles. The van der Waals surface area contributed by atoms with Crippen molar-refractivity contribution in [2.24, 2.45) is 0 Å². The number of carboxylic acids is 1. The number of aliphatic carboxylic acids is 1. The summed E-state index contributed by atoms with van der Waals surface area (Å²) in [6.45, 7) is 2.23. The van der Waals surface area contributed by atoms with Crippen LogP contribution >= 0.6 is 11.3 Å². The Kier molecular flexibility index (Phi) is 7.09. The molecule has 12 nitrogen and oxygen atoms in total. The van der Waals surface area contributed by atoms with Gasteiger partial charge in [-0.15, -0.1) is 0 Å². The molecule has 0 atom stereocenters. The predicted octanol–water partition coefficient (Wildman–Crippen LogP) is 2.84. The number of thiazole rings is 1. The quantitative estimate of drug-likeness (QED) is 0.209. The monoisotopic (exact) mass is 546 g/mol. The Labute approximate surface area is 225 Å². The first kappa shape index (κ1) is 26.0. The van der Waals surface area contributed by atoms with Crippen LogP contribution < -0.4 is 10.6 Å². The number of aromatic nitrogens is 4. The van der Waals surface area contributed by atoms with E-state index in [4.69, 9.17) is 9.84 Å². The number of rotatable bonds is 9. The molecule has 39 heavy (non-hydrogen) atoms. The van der Waals surface area contributed by atoms with Gasteiger partial charge in [0.05, 0.1) is 35.5 Å². The van der Waals surface area contributed by atoms with Crippen LogP contribution in [0.5, 0.6) is 0 Å². The number of ether oxygens (including phenoxy) is 1. The average Bonchev–Trinajstić information content (AvgIpc) is 3.30. The minimum atomic E-state index is -1.67. The molecule has 0 spiro atoms. The number of carbonyl (C=O) groups excluding carboxylic acids is 3. The Morgan fingerprint density at radius 2 is 1.85 bits per heavy atom. The molecule has 0 bridgehead atoms. The minimum absolute atomic E-state index is 0.0337. The molecular formula is C26H22N6O6S. The number of hydrogen-bond acceptors (Lipinski definition) is 10. The van der Waals surface area contributed by atoms with Crippen molar-refractivity contribution in [3.8, 4) is 22.4 Å². The van der Waals surface area contributed by atoms with E-state index in [1.165, 1.54) is 11.3 Å². The van der Waals surface area contributed by atoms with E-state index in [0.29, 0.717) is 22.8 Å². The first-order valence-electron chi connectivity index (χ1n) is 11.9. The van der Waals surface area contributed by atoms with E-state index in [9.17, 15) is 19.2 Å². The second-order valence-electron chi connectivity index (χ2n) is 8.79. The van der Waals surface area contributed by atoms with Crippen LogP contribution in [-0.4, -0.2) is 68.4 Å². The first-order valence-corrected chi connectivity index (χ1v) is 12.7. The molecule has 0 radical (unpaired) electrons. The van der Waals surface area contributed by atoms with Gasteiger partial charge in [-0.05, 0) is 36.8 Å². The molecule has 5 rings (SSSR count). The van der Waals surface area contributed by atoms with Crippen LogP contribution in [-0.2, 0) is 24.5 Å². The summed E-state index contributed by atoms with van der Waals surface area (Å²) in [5, 5.41) is 14.7. The van der Waals surface area contributed by atoms with Crippen molar-refractivity contribution in [2.75, 3.05) is 25.1 Å². The van der Waals surface area contributed by atoms with Gasteiger partial charge in [-0.1, -0.05) is 17.4 Å². The number of ketones is 2. The van der Waals surface area contributed by atoms with E-state index in [1.807, 2.05) is 37.3 Å². The van der Waals surface area contributed by atoms with Crippen LogP contribution in [0.25, 0.3) is 32.6 Å². The van der Waals surface area contributed by atoms with Crippen molar-refractivity contribution in [1.82, 2.24) is 25.3 Å². The maximum atomic E-state index is 12.8. The number of fused-ring (bicyclic) bond motifs is 1. The molecule has 1 aliphatic rings. The van der Waals surface area contributed by atoms with E-state index >= 15 is 0 Å². The third-order valence-electron chi connectivity index (χ3n) is 6.19. The van der Waals surface area contributed by atoms with Gasteiger partial charge in [0.15, 0.2) is 10.9 Å². The van der Waals surface area contributed by atoms with Crippen LogP contribution in [0.15, 0.2) is 48.9 Å². The van der Waals surface area contributed by atoms with Crippen LogP contribution in [0.2, 0.25) is 0 Å². The normalized spacial score (nSPS) is 13.9. The van der Waals surface area contributed by atoms with Crippen LogP contribution in [0, 0.1) is 0 Å². The van der Waals surface area contributed by atoms with Gasteiger partial charge >= 0.3 is 12.0 Å². The second kappa shape index (κ2) is 10.6. The number of carboxylic acid groups (broad SMARTS) is 1. The Morgan fingerprint density at radius 3 is 2.46 bits per heavy atom. The van der Waals surface area contributed by atoms with Crippen molar-refractivity contribution in [2.45, 2.75) is 18.8 Å². The highest BCUT2D eigenvalue weighted by molar-refractivity contribution is 7.22. The molecule has 3 N–H and O–H groups in total. The van der Waals surface area contributed by atoms with Gasteiger partial charge in [-0.3, -0.25) is 19.9 Å². The molecule has 1 saturated heterocycles. The number of nitrogens with one attached hydrogen (secondary N) is 2. The van der Waals surface area contributed by atoms with Crippen molar-refractivity contribution >= 4 is 50.3 Å². The largest absolute Gasteiger partial charge is 0.475 e. The number of Topliss-reactive ketones (excluding diaryl/α,β-unsaturated/α-hetero) is 2. The summed E-state index contributed by atoms with van der Waals surface area (Å²) < 4.78 is 6.05. The van der Waals surface area contributed by atoms with Gasteiger partial charge in [0.1, 0.15) is 11.2 Å². The van der Waals surface area contributed by atoms with Gasteiger partial charge in [-0.25, -0.2) is 24.5 Å². The molecule has 198 valence electrons. The Morgan fingerprint density at radius 1 is 1.08 bits per heavy atom. The lowest BCUT2D eigenvalue weighted by atomic mass is 9.78. The standard InChI is InChI=1S/C26H22N6O6S/c1-2-27-24(37)32-25-31-18-8-14(7-16(21(18)39-25)17-5-3-4-6-28-17)15-10-29-23(30-11-15)26(12-38-13-26)20(34)9-19(33)22(35)36/h3-8,10-11H,2,9,12-13H2,1H3,(H,35,36)(H2,27,31,32,37). The van der Waals surface area contributed by atoms with Gasteiger partial charge in [0.25, 0.3) is 0 Å². The van der Waals surface area contributed by atoms with E-state index in [2.05, 4.69) is 30.6 Å². The number of amides is 2. The fraction of sp³-hybridized carbons (Fsp3) is 0.231. The number of anilines is 1. The summed E-state index contributed by atoms with van der Waals surface area (Å²) in [6.07, 6.45) is 4.04. The van der Waals surface area contributed by atoms with Gasteiger partial charge in [-0.2, -0.15) is 0 Å². The SMILES string of the molecule is CCNC(=O)Nc1nc2cc(-c3cnc(C4(C(=O)CC(=O)C(=O)O)COC4)nc3)cc(-c3ccccn3)c2s1. The van der Waals surface area contributed by atoms with E-state index in [1.54, 1.807) is 18.6 Å². The smallest absolute Gasteiger partial charge is 0.372 e. The molecule has 4 aromatic rings. The van der Waals surface area contributed by atoms with Gasteiger partial charge in [0, 0.05) is 36.3 Å². The van der Waals surface area contributed by atoms with Crippen LogP contribution in [0.1, 0.15) is 19.2 Å². The molecule has 0 unspecified atom stereocenters. The number of pyridine rings is 1. The number of carbonyl (C=O) groups is 4. The van der Waals surface area contributed by atoms with Gasteiger partial charge < -0.3 is 15.2 Å². The first-order chi connectivity index (χ1) is 18.8. The van der Waals surface area contributed by atoms with Gasteiger partial charge in [0.2, 0.25) is 5.78 Å². The highest BCUT2D eigenvalue weighted by Crippen LogP contribution is 2.38. The lowest BCUT2D eigenvalue weighted by molar-refractivity contribution is -0.154. The lowest BCUT2D eigenvalue weighted by Gasteiger charge is -2.38. The van der Waals surface area contributed by atoms with Crippen LogP contribution in [0.3, 0.4) is 0 Å². The predicted molar refractivity (Wildman–Crippen MR) is 141 cm³/mol. The lowest BCUT2D eigenvalue weighted by Crippen LogP contribution is -2.54. The van der Waals surface area contributed by atoms with E-state index < -0.39 is 29.4 Å². The number of urea groups is 1. The summed E-state index contributed by atoms with van der Waals surface area (Å²) >= 11 is 1.33. The Hall–Kier alpha value is -4.62. The zero-order valence-electron chi connectivity index (χ0n) is 20.6.